The number of hydrogen-bond donors (Lipinski definition) is 0. The Morgan fingerprint density at radius 1 is 0.615 bits per heavy atom. The molecular weight excluding hydrogens is 324 g/mol. The van der Waals surface area contributed by atoms with E-state index in [-0.39, 0.29) is 0 Å². The van der Waals surface area contributed by atoms with Gasteiger partial charge in [-0.3, -0.25) is 0 Å². The standard InChI is InChI=1S/C22H16N2O2/c1-22(17-5-3-2-4-6-17,18-7-11-20(12-8-18)25-15-23)19-9-13-21(14-10-19)26-16-24/h2-14H,1H3. The molecule has 0 unspecified atom stereocenters. The molecule has 4 heteroatoms. The zero-order valence-electron chi connectivity index (χ0n) is 14.2. The Morgan fingerprint density at radius 2 is 1.00 bits per heavy atom. The van der Waals surface area contributed by atoms with Crippen molar-refractivity contribution in [3.8, 4) is 24.0 Å². The van der Waals surface area contributed by atoms with E-state index in [1.54, 1.807) is 36.8 Å². The van der Waals surface area contributed by atoms with Crippen LogP contribution >= 0.6 is 0 Å². The summed E-state index contributed by atoms with van der Waals surface area (Å²) in [5.74, 6) is 1.01. The number of ether oxygens (including phenoxy) is 2. The molecule has 3 aromatic rings. The van der Waals surface area contributed by atoms with E-state index >= 15 is 0 Å². The number of rotatable bonds is 5. The molecule has 0 amide bonds. The average Bonchev–Trinajstić information content (AvgIpc) is 2.70. The first-order valence-electron chi connectivity index (χ1n) is 8.07. The molecule has 0 heterocycles. The van der Waals surface area contributed by atoms with Crippen LogP contribution in [0.4, 0.5) is 0 Å². The molecule has 0 radical (unpaired) electrons. The van der Waals surface area contributed by atoms with Crippen LogP contribution in [0, 0.1) is 23.0 Å². The van der Waals surface area contributed by atoms with Crippen LogP contribution in [0.25, 0.3) is 0 Å². The van der Waals surface area contributed by atoms with Crippen molar-refractivity contribution in [2.45, 2.75) is 12.3 Å². The van der Waals surface area contributed by atoms with Crippen LogP contribution < -0.4 is 9.47 Å². The highest BCUT2D eigenvalue weighted by Gasteiger charge is 2.31. The fraction of sp³-hybridized carbons (Fsp3) is 0.0909. The van der Waals surface area contributed by atoms with Gasteiger partial charge in [-0.1, -0.05) is 54.6 Å². The first-order chi connectivity index (χ1) is 12.7. The second kappa shape index (κ2) is 7.42. The van der Waals surface area contributed by atoms with E-state index < -0.39 is 5.41 Å². The molecule has 4 nitrogen and oxygen atoms in total. The molecule has 0 spiro atoms. The fourth-order valence-corrected chi connectivity index (χ4v) is 3.09. The van der Waals surface area contributed by atoms with Gasteiger partial charge < -0.3 is 9.47 Å². The van der Waals surface area contributed by atoms with Gasteiger partial charge in [-0.25, -0.2) is 0 Å². The summed E-state index contributed by atoms with van der Waals surface area (Å²) < 4.78 is 9.77. The molecule has 0 aromatic heterocycles. The second-order valence-corrected chi connectivity index (χ2v) is 5.93. The molecule has 0 saturated carbocycles. The summed E-state index contributed by atoms with van der Waals surface area (Å²) in [4.78, 5) is 0. The molecule has 3 aromatic carbocycles. The third-order valence-corrected chi connectivity index (χ3v) is 4.54. The maximum absolute atomic E-state index is 8.67. The smallest absolute Gasteiger partial charge is 0.292 e. The summed E-state index contributed by atoms with van der Waals surface area (Å²) in [6, 6.07) is 25.1. The minimum atomic E-state index is -0.419. The second-order valence-electron chi connectivity index (χ2n) is 5.93. The number of benzene rings is 3. The molecule has 0 saturated heterocycles. The van der Waals surface area contributed by atoms with Gasteiger partial charge in [0.25, 0.3) is 12.5 Å². The SMILES string of the molecule is CC(c1ccccc1)(c1ccc(OC#N)cc1)c1ccc(OC#N)cc1. The third-order valence-electron chi connectivity index (χ3n) is 4.54. The van der Waals surface area contributed by atoms with Crippen LogP contribution in [0.3, 0.4) is 0 Å². The minimum absolute atomic E-state index is 0.419. The molecule has 0 aliphatic carbocycles. The van der Waals surface area contributed by atoms with Crippen LogP contribution in [0.15, 0.2) is 78.9 Å². The van der Waals surface area contributed by atoms with Gasteiger partial charge in [0.15, 0.2) is 0 Å². The van der Waals surface area contributed by atoms with Gasteiger partial charge in [-0.2, -0.15) is 0 Å². The van der Waals surface area contributed by atoms with Crippen molar-refractivity contribution in [2.75, 3.05) is 0 Å². The third kappa shape index (κ3) is 3.22. The van der Waals surface area contributed by atoms with Crippen molar-refractivity contribution in [1.29, 1.82) is 10.5 Å². The topological polar surface area (TPSA) is 66.0 Å². The largest absolute Gasteiger partial charge is 0.388 e. The quantitative estimate of drug-likeness (QED) is 0.496. The molecule has 0 aliphatic heterocycles. The lowest BCUT2D eigenvalue weighted by atomic mass is 9.71. The Morgan fingerprint density at radius 3 is 1.38 bits per heavy atom. The molecule has 3 rings (SSSR count). The molecule has 0 aliphatic rings. The lowest BCUT2D eigenvalue weighted by molar-refractivity contribution is 0.506. The highest BCUT2D eigenvalue weighted by atomic mass is 16.5. The predicted octanol–water partition coefficient (Wildman–Crippen LogP) is 4.76. The summed E-state index contributed by atoms with van der Waals surface area (Å²) in [7, 11) is 0. The summed E-state index contributed by atoms with van der Waals surface area (Å²) in [5, 5.41) is 17.3. The molecular formula is C22H16N2O2. The summed E-state index contributed by atoms with van der Waals surface area (Å²) in [6.07, 6.45) is 3.37. The van der Waals surface area contributed by atoms with Gasteiger partial charge in [0.2, 0.25) is 0 Å². The summed E-state index contributed by atoms with van der Waals surface area (Å²) >= 11 is 0. The van der Waals surface area contributed by atoms with Gasteiger partial charge in [-0.15, -0.1) is 10.5 Å². The van der Waals surface area contributed by atoms with Crippen molar-refractivity contribution in [3.63, 3.8) is 0 Å². The first kappa shape index (κ1) is 17.1. The summed E-state index contributed by atoms with van der Waals surface area (Å²) in [5.41, 5.74) is 2.83. The number of hydrogen-bond acceptors (Lipinski definition) is 4. The number of nitriles is 2. The fourth-order valence-electron chi connectivity index (χ4n) is 3.09. The highest BCUT2D eigenvalue weighted by molar-refractivity contribution is 5.51. The van der Waals surface area contributed by atoms with E-state index in [1.807, 2.05) is 42.5 Å². The highest BCUT2D eigenvalue weighted by Crippen LogP contribution is 2.39. The number of nitrogens with zero attached hydrogens (tertiary/aromatic N) is 2. The predicted molar refractivity (Wildman–Crippen MR) is 97.4 cm³/mol. The van der Waals surface area contributed by atoms with E-state index in [0.717, 1.165) is 16.7 Å². The Labute approximate surface area is 152 Å². The molecule has 0 bridgehead atoms. The van der Waals surface area contributed by atoms with Gasteiger partial charge in [-0.05, 0) is 47.9 Å². The lowest BCUT2D eigenvalue weighted by Gasteiger charge is -2.32. The maximum Gasteiger partial charge on any atom is 0.292 e. The van der Waals surface area contributed by atoms with E-state index in [0.29, 0.717) is 11.5 Å². The van der Waals surface area contributed by atoms with E-state index in [1.165, 1.54) is 0 Å². The van der Waals surface area contributed by atoms with Gasteiger partial charge in [0, 0.05) is 5.41 Å². The zero-order valence-corrected chi connectivity index (χ0v) is 14.2. The van der Waals surface area contributed by atoms with Gasteiger partial charge in [0.05, 0.1) is 0 Å². The Kier molecular flexibility index (Phi) is 4.87. The Hall–Kier alpha value is -3.76. The van der Waals surface area contributed by atoms with Crippen molar-refractivity contribution < 1.29 is 9.47 Å². The first-order valence-corrected chi connectivity index (χ1v) is 8.07. The van der Waals surface area contributed by atoms with Crippen LogP contribution in [0.5, 0.6) is 11.5 Å². The zero-order chi connectivity index (χ0) is 18.4. The monoisotopic (exact) mass is 340 g/mol. The molecule has 0 fully saturated rings. The van der Waals surface area contributed by atoms with Crippen LogP contribution in [-0.4, -0.2) is 0 Å². The maximum atomic E-state index is 8.67. The summed E-state index contributed by atoms with van der Waals surface area (Å²) in [6.45, 7) is 2.14. The van der Waals surface area contributed by atoms with Crippen molar-refractivity contribution >= 4 is 0 Å². The molecule has 126 valence electrons. The van der Waals surface area contributed by atoms with Crippen molar-refractivity contribution in [3.05, 3.63) is 95.6 Å². The Bertz CT molecular complexity index is 891. The average molecular weight is 340 g/mol. The molecule has 26 heavy (non-hydrogen) atoms. The van der Waals surface area contributed by atoms with E-state index in [2.05, 4.69) is 19.1 Å². The van der Waals surface area contributed by atoms with E-state index in [4.69, 9.17) is 20.0 Å². The lowest BCUT2D eigenvalue weighted by Crippen LogP contribution is -2.25. The van der Waals surface area contributed by atoms with Crippen molar-refractivity contribution in [1.82, 2.24) is 0 Å². The van der Waals surface area contributed by atoms with Crippen LogP contribution in [0.2, 0.25) is 0 Å². The van der Waals surface area contributed by atoms with E-state index in [9.17, 15) is 0 Å². The van der Waals surface area contributed by atoms with Crippen molar-refractivity contribution in [2.24, 2.45) is 0 Å². The van der Waals surface area contributed by atoms with Gasteiger partial charge >= 0.3 is 0 Å². The molecule has 0 atom stereocenters. The van der Waals surface area contributed by atoms with Crippen LogP contribution in [-0.2, 0) is 5.41 Å². The Balaban J connectivity index is 2.11. The molecule has 0 N–H and O–H groups in total. The minimum Gasteiger partial charge on any atom is -0.388 e. The normalized spacial score (nSPS) is 10.4. The van der Waals surface area contributed by atoms with Gasteiger partial charge in [0.1, 0.15) is 11.5 Å². The van der Waals surface area contributed by atoms with Crippen LogP contribution in [0.1, 0.15) is 23.6 Å².